The maximum absolute atomic E-state index is 12.2. The summed E-state index contributed by atoms with van der Waals surface area (Å²) in [5.41, 5.74) is 1.58. The van der Waals surface area contributed by atoms with Crippen LogP contribution >= 0.6 is 23.5 Å². The van der Waals surface area contributed by atoms with Gasteiger partial charge < -0.3 is 5.11 Å². The number of fused-ring (bicyclic) bond motifs is 1. The van der Waals surface area contributed by atoms with Gasteiger partial charge in [-0.15, -0.1) is 11.8 Å². The van der Waals surface area contributed by atoms with Crippen molar-refractivity contribution in [1.29, 1.82) is 0 Å². The number of aliphatic carboxylic acids is 1. The molecule has 3 rings (SSSR count). The van der Waals surface area contributed by atoms with E-state index in [1.807, 2.05) is 13.1 Å². The summed E-state index contributed by atoms with van der Waals surface area (Å²) >= 11 is 2.89. The van der Waals surface area contributed by atoms with Crippen LogP contribution < -0.4 is 0 Å². The van der Waals surface area contributed by atoms with Gasteiger partial charge in [-0.25, -0.2) is 4.79 Å². The van der Waals surface area contributed by atoms with E-state index in [0.717, 1.165) is 11.3 Å². The SMILES string of the molecule is CCSC1=C(C(=O)O)N2C(=O)/C(=C/c3cnn(C)c3)C2S1. The lowest BCUT2D eigenvalue weighted by molar-refractivity contribution is -0.141. The zero-order valence-corrected chi connectivity index (χ0v) is 13.1. The number of amides is 1. The van der Waals surface area contributed by atoms with E-state index in [1.165, 1.54) is 28.4 Å². The molecule has 0 aliphatic carbocycles. The molecule has 1 aromatic rings. The highest BCUT2D eigenvalue weighted by atomic mass is 32.2. The summed E-state index contributed by atoms with van der Waals surface area (Å²) in [5, 5.41) is 13.2. The van der Waals surface area contributed by atoms with Crippen LogP contribution in [0.4, 0.5) is 0 Å². The molecule has 1 saturated heterocycles. The van der Waals surface area contributed by atoms with Gasteiger partial charge in [0.25, 0.3) is 5.91 Å². The number of hydrogen-bond acceptors (Lipinski definition) is 5. The third kappa shape index (κ3) is 2.28. The number of thioether (sulfide) groups is 2. The molecule has 2 aliphatic rings. The number of rotatable bonds is 4. The minimum absolute atomic E-state index is 0.116. The highest BCUT2D eigenvalue weighted by Crippen LogP contribution is 2.52. The van der Waals surface area contributed by atoms with Crippen LogP contribution in [-0.4, -0.2) is 42.8 Å². The molecular formula is C13H13N3O3S2. The number of hydrogen-bond donors (Lipinski definition) is 1. The highest BCUT2D eigenvalue weighted by Gasteiger charge is 2.52. The lowest BCUT2D eigenvalue weighted by atomic mass is 10.0. The third-order valence-corrected chi connectivity index (χ3v) is 5.63. The van der Waals surface area contributed by atoms with Crippen molar-refractivity contribution in [3.05, 3.63) is 33.5 Å². The van der Waals surface area contributed by atoms with Gasteiger partial charge in [-0.05, 0) is 11.8 Å². The van der Waals surface area contributed by atoms with E-state index in [2.05, 4.69) is 5.10 Å². The van der Waals surface area contributed by atoms with E-state index < -0.39 is 5.97 Å². The van der Waals surface area contributed by atoms with Crippen LogP contribution in [0.1, 0.15) is 12.5 Å². The van der Waals surface area contributed by atoms with Crippen LogP contribution in [0.2, 0.25) is 0 Å². The van der Waals surface area contributed by atoms with Crippen molar-refractivity contribution < 1.29 is 14.7 Å². The fraction of sp³-hybridized carbons (Fsp3) is 0.308. The molecule has 0 saturated carbocycles. The molecule has 1 unspecified atom stereocenters. The van der Waals surface area contributed by atoms with Gasteiger partial charge in [0, 0.05) is 18.8 Å². The maximum Gasteiger partial charge on any atom is 0.354 e. The Labute approximate surface area is 129 Å². The van der Waals surface area contributed by atoms with Crippen LogP contribution in [0.25, 0.3) is 6.08 Å². The lowest BCUT2D eigenvalue weighted by Crippen LogP contribution is -2.51. The second-order valence-corrected chi connectivity index (χ2v) is 7.19. The third-order valence-electron chi connectivity index (χ3n) is 3.14. The maximum atomic E-state index is 12.2. The lowest BCUT2D eigenvalue weighted by Gasteiger charge is -2.36. The number of carboxylic acid groups (broad SMARTS) is 1. The van der Waals surface area contributed by atoms with E-state index in [4.69, 9.17) is 0 Å². The molecule has 1 atom stereocenters. The van der Waals surface area contributed by atoms with E-state index in [9.17, 15) is 14.7 Å². The quantitative estimate of drug-likeness (QED) is 0.672. The van der Waals surface area contributed by atoms with Gasteiger partial charge in [-0.3, -0.25) is 14.4 Å². The summed E-state index contributed by atoms with van der Waals surface area (Å²) in [6.45, 7) is 1.96. The molecule has 0 spiro atoms. The molecule has 0 aromatic carbocycles. The van der Waals surface area contributed by atoms with Gasteiger partial charge in [0.05, 0.1) is 16.0 Å². The van der Waals surface area contributed by atoms with Gasteiger partial charge in [-0.1, -0.05) is 18.7 Å². The standard InChI is InChI=1S/C13H13N3O3S2/c1-3-20-13-9(12(18)19)16-10(17)8(11(16)21-13)4-7-5-14-15(2)6-7/h4-6,11H,3H2,1-2H3,(H,18,19)/b8-4-. The first-order chi connectivity index (χ1) is 10.0. The molecule has 0 bridgehead atoms. The number of β-lactam (4-membered cyclic amide) rings is 1. The van der Waals surface area contributed by atoms with Crippen LogP contribution in [0.15, 0.2) is 27.9 Å². The fourth-order valence-corrected chi connectivity index (χ4v) is 4.85. The Balaban J connectivity index is 1.89. The molecule has 1 amide bonds. The Morgan fingerprint density at radius 2 is 2.38 bits per heavy atom. The van der Waals surface area contributed by atoms with Gasteiger partial charge in [0.1, 0.15) is 5.37 Å². The number of carbonyl (C=O) groups excluding carboxylic acids is 1. The average molecular weight is 323 g/mol. The number of aryl methyl sites for hydroxylation is 1. The van der Waals surface area contributed by atoms with Crippen LogP contribution in [0.3, 0.4) is 0 Å². The minimum Gasteiger partial charge on any atom is -0.477 e. The molecule has 3 heterocycles. The van der Waals surface area contributed by atoms with E-state index in [-0.39, 0.29) is 17.0 Å². The zero-order chi connectivity index (χ0) is 15.1. The molecule has 1 N–H and O–H groups in total. The summed E-state index contributed by atoms with van der Waals surface area (Å²) < 4.78 is 2.37. The Morgan fingerprint density at radius 1 is 1.62 bits per heavy atom. The van der Waals surface area contributed by atoms with Crippen LogP contribution in [0.5, 0.6) is 0 Å². The number of nitrogens with zero attached hydrogens (tertiary/aromatic N) is 3. The molecule has 1 aromatic heterocycles. The predicted octanol–water partition coefficient (Wildman–Crippen LogP) is 1.73. The van der Waals surface area contributed by atoms with E-state index >= 15 is 0 Å². The summed E-state index contributed by atoms with van der Waals surface area (Å²) in [5.74, 6) is -0.509. The summed E-state index contributed by atoms with van der Waals surface area (Å²) in [6, 6.07) is 0. The number of carboxylic acids is 1. The van der Waals surface area contributed by atoms with Crippen molar-refractivity contribution in [1.82, 2.24) is 14.7 Å². The highest BCUT2D eigenvalue weighted by molar-refractivity contribution is 8.22. The van der Waals surface area contributed by atoms with Crippen molar-refractivity contribution in [2.75, 3.05) is 5.75 Å². The summed E-state index contributed by atoms with van der Waals surface area (Å²) in [6.07, 6.45) is 5.27. The average Bonchev–Trinajstić information content (AvgIpc) is 2.98. The molecule has 0 radical (unpaired) electrons. The van der Waals surface area contributed by atoms with Crippen molar-refractivity contribution in [2.24, 2.45) is 7.05 Å². The molecule has 110 valence electrons. The molecule has 8 heteroatoms. The van der Waals surface area contributed by atoms with Gasteiger partial charge >= 0.3 is 5.97 Å². The van der Waals surface area contributed by atoms with E-state index in [1.54, 1.807) is 24.0 Å². The first kappa shape index (κ1) is 14.3. The normalized spacial score (nSPS) is 22.8. The smallest absolute Gasteiger partial charge is 0.354 e. The number of aromatic nitrogens is 2. The van der Waals surface area contributed by atoms with Gasteiger partial charge in [-0.2, -0.15) is 5.10 Å². The second-order valence-electron chi connectivity index (χ2n) is 4.57. The van der Waals surface area contributed by atoms with Gasteiger partial charge in [0.15, 0.2) is 5.70 Å². The Morgan fingerprint density at radius 3 is 2.95 bits per heavy atom. The second kappa shape index (κ2) is 5.27. The van der Waals surface area contributed by atoms with Crippen LogP contribution in [-0.2, 0) is 16.6 Å². The molecule has 6 nitrogen and oxygen atoms in total. The van der Waals surface area contributed by atoms with Crippen molar-refractivity contribution >= 4 is 41.5 Å². The fourth-order valence-electron chi connectivity index (χ4n) is 2.27. The molecule has 21 heavy (non-hydrogen) atoms. The Bertz CT molecular complexity index is 693. The van der Waals surface area contributed by atoms with Crippen LogP contribution in [0, 0.1) is 0 Å². The Kier molecular flexibility index (Phi) is 3.58. The first-order valence-electron chi connectivity index (χ1n) is 6.33. The van der Waals surface area contributed by atoms with Gasteiger partial charge in [0.2, 0.25) is 0 Å². The first-order valence-corrected chi connectivity index (χ1v) is 8.20. The largest absolute Gasteiger partial charge is 0.477 e. The summed E-state index contributed by atoms with van der Waals surface area (Å²) in [7, 11) is 1.81. The van der Waals surface area contributed by atoms with E-state index in [0.29, 0.717) is 9.81 Å². The van der Waals surface area contributed by atoms with Crippen molar-refractivity contribution in [2.45, 2.75) is 12.3 Å². The van der Waals surface area contributed by atoms with Crippen molar-refractivity contribution in [3.63, 3.8) is 0 Å². The van der Waals surface area contributed by atoms with Crippen molar-refractivity contribution in [3.8, 4) is 0 Å². The molecule has 1 fully saturated rings. The number of carbonyl (C=O) groups is 2. The molecule has 2 aliphatic heterocycles. The summed E-state index contributed by atoms with van der Waals surface area (Å²) in [4.78, 5) is 25.0. The minimum atomic E-state index is -1.05. The monoisotopic (exact) mass is 323 g/mol. The molecular weight excluding hydrogens is 310 g/mol. The zero-order valence-electron chi connectivity index (χ0n) is 11.4. The Hall–Kier alpha value is -1.67. The predicted molar refractivity (Wildman–Crippen MR) is 82.2 cm³/mol. The topological polar surface area (TPSA) is 75.4 Å².